The molecular weight excluding hydrogens is 280 g/mol. The van der Waals surface area contributed by atoms with Gasteiger partial charge in [-0.2, -0.15) is 0 Å². The number of hydrogen-bond acceptors (Lipinski definition) is 4. The number of nitrogens with two attached hydrogens (primary N) is 1. The fourth-order valence-electron chi connectivity index (χ4n) is 1.57. The van der Waals surface area contributed by atoms with Crippen LogP contribution in [-0.2, 0) is 14.3 Å². The molecule has 0 rings (SSSR count). The number of hydrogen-bond donors (Lipinski definition) is 2. The Hall–Kier alpha value is -0.810. The summed E-state index contributed by atoms with van der Waals surface area (Å²) in [5.74, 6) is -0.393. The van der Waals surface area contributed by atoms with Crippen LogP contribution in [0.1, 0.15) is 48.0 Å². The lowest BCUT2D eigenvalue weighted by Gasteiger charge is -2.23. The largest absolute Gasteiger partial charge is 0.461 e. The molecular formula is C14H29ClN2O3. The minimum atomic E-state index is -0.625. The summed E-state index contributed by atoms with van der Waals surface area (Å²) < 4.78 is 5.16. The quantitative estimate of drug-likeness (QED) is 0.704. The molecule has 1 amide bonds. The molecule has 120 valence electrons. The Balaban J connectivity index is 0. The molecule has 2 atom stereocenters. The van der Waals surface area contributed by atoms with Crippen molar-refractivity contribution in [2.24, 2.45) is 17.6 Å². The lowest BCUT2D eigenvalue weighted by Crippen LogP contribution is -2.51. The summed E-state index contributed by atoms with van der Waals surface area (Å²) in [5.41, 5.74) is 5.78. The van der Waals surface area contributed by atoms with E-state index in [1.54, 1.807) is 13.8 Å². The van der Waals surface area contributed by atoms with Gasteiger partial charge in [0.2, 0.25) is 5.91 Å². The van der Waals surface area contributed by atoms with E-state index >= 15 is 0 Å². The van der Waals surface area contributed by atoms with E-state index in [-0.39, 0.29) is 36.3 Å². The second kappa shape index (κ2) is 10.00. The van der Waals surface area contributed by atoms with Gasteiger partial charge in [-0.25, -0.2) is 4.79 Å². The second-order valence-corrected chi connectivity index (χ2v) is 5.95. The Bertz CT molecular complexity index is 307. The van der Waals surface area contributed by atoms with Gasteiger partial charge in [-0.15, -0.1) is 12.4 Å². The SMILES string of the molecule is CC(C)C[C@H](NC(=O)[C@@H](N)C(C)C)C(=O)OC(C)C.Cl. The maximum Gasteiger partial charge on any atom is 0.328 e. The number of rotatable bonds is 7. The first-order valence-electron chi connectivity index (χ1n) is 6.91. The summed E-state index contributed by atoms with van der Waals surface area (Å²) in [6, 6.07) is -1.23. The van der Waals surface area contributed by atoms with Gasteiger partial charge < -0.3 is 15.8 Å². The zero-order valence-electron chi connectivity index (χ0n) is 13.3. The van der Waals surface area contributed by atoms with Gasteiger partial charge in [-0.1, -0.05) is 27.7 Å². The van der Waals surface area contributed by atoms with E-state index in [4.69, 9.17) is 10.5 Å². The van der Waals surface area contributed by atoms with Crippen LogP contribution >= 0.6 is 12.4 Å². The molecule has 0 aromatic rings. The van der Waals surface area contributed by atoms with E-state index in [1.165, 1.54) is 0 Å². The van der Waals surface area contributed by atoms with Crippen LogP contribution in [0.15, 0.2) is 0 Å². The van der Waals surface area contributed by atoms with E-state index < -0.39 is 18.1 Å². The molecule has 5 nitrogen and oxygen atoms in total. The van der Waals surface area contributed by atoms with Crippen molar-refractivity contribution < 1.29 is 14.3 Å². The highest BCUT2D eigenvalue weighted by molar-refractivity contribution is 5.87. The molecule has 0 bridgehead atoms. The Kier molecular flexibility index (Phi) is 10.7. The van der Waals surface area contributed by atoms with E-state index in [1.807, 2.05) is 27.7 Å². The van der Waals surface area contributed by atoms with Gasteiger partial charge in [0.15, 0.2) is 0 Å². The third-order valence-electron chi connectivity index (χ3n) is 2.68. The zero-order valence-corrected chi connectivity index (χ0v) is 14.1. The highest BCUT2D eigenvalue weighted by Crippen LogP contribution is 2.09. The number of nitrogens with one attached hydrogen (secondary N) is 1. The number of halogens is 1. The Morgan fingerprint density at radius 2 is 1.60 bits per heavy atom. The molecule has 0 aromatic carbocycles. The molecule has 0 aliphatic carbocycles. The van der Waals surface area contributed by atoms with Crippen LogP contribution in [0.2, 0.25) is 0 Å². The fraction of sp³-hybridized carbons (Fsp3) is 0.857. The Labute approximate surface area is 128 Å². The van der Waals surface area contributed by atoms with Crippen LogP contribution in [0, 0.1) is 11.8 Å². The van der Waals surface area contributed by atoms with Gasteiger partial charge in [-0.3, -0.25) is 4.79 Å². The highest BCUT2D eigenvalue weighted by atomic mass is 35.5. The first kappa shape index (κ1) is 21.5. The van der Waals surface area contributed by atoms with Gasteiger partial charge in [-0.05, 0) is 32.1 Å². The first-order chi connectivity index (χ1) is 8.65. The predicted octanol–water partition coefficient (Wildman–Crippen LogP) is 1.87. The lowest BCUT2D eigenvalue weighted by molar-refractivity contribution is -0.152. The summed E-state index contributed by atoms with van der Waals surface area (Å²) in [6.07, 6.45) is 0.347. The molecule has 3 N–H and O–H groups in total. The van der Waals surface area contributed by atoms with Crippen molar-refractivity contribution in [2.75, 3.05) is 0 Å². The van der Waals surface area contributed by atoms with Crippen molar-refractivity contribution in [1.82, 2.24) is 5.32 Å². The number of esters is 1. The average molecular weight is 309 g/mol. The molecule has 20 heavy (non-hydrogen) atoms. The number of carbonyl (C=O) groups excluding carboxylic acids is 2. The van der Waals surface area contributed by atoms with E-state index in [0.29, 0.717) is 6.42 Å². The standard InChI is InChI=1S/C14H28N2O3.ClH/c1-8(2)7-11(14(18)19-10(5)6)16-13(17)12(15)9(3)4;/h8-12H,7,15H2,1-6H3,(H,16,17);1H/t11-,12-;/m0./s1. The van der Waals surface area contributed by atoms with Crippen molar-refractivity contribution >= 4 is 24.3 Å². The summed E-state index contributed by atoms with van der Waals surface area (Å²) in [4.78, 5) is 23.9. The van der Waals surface area contributed by atoms with Crippen LogP contribution < -0.4 is 11.1 Å². The summed E-state index contributed by atoms with van der Waals surface area (Å²) >= 11 is 0. The third kappa shape index (κ3) is 8.38. The topological polar surface area (TPSA) is 81.4 Å². The van der Waals surface area contributed by atoms with Crippen LogP contribution in [0.5, 0.6) is 0 Å². The van der Waals surface area contributed by atoms with Crippen molar-refractivity contribution in [3.05, 3.63) is 0 Å². The monoisotopic (exact) mass is 308 g/mol. The number of amides is 1. The Morgan fingerprint density at radius 3 is 1.95 bits per heavy atom. The molecule has 0 unspecified atom stereocenters. The molecule has 0 aliphatic rings. The van der Waals surface area contributed by atoms with Crippen LogP contribution in [0.25, 0.3) is 0 Å². The third-order valence-corrected chi connectivity index (χ3v) is 2.68. The molecule has 6 heteroatoms. The van der Waals surface area contributed by atoms with Gasteiger partial charge >= 0.3 is 5.97 Å². The smallest absolute Gasteiger partial charge is 0.328 e. The Morgan fingerprint density at radius 1 is 1.10 bits per heavy atom. The fourth-order valence-corrected chi connectivity index (χ4v) is 1.57. The van der Waals surface area contributed by atoms with Gasteiger partial charge in [0.1, 0.15) is 6.04 Å². The molecule has 0 radical (unpaired) electrons. The van der Waals surface area contributed by atoms with Gasteiger partial charge in [0.05, 0.1) is 12.1 Å². The number of ether oxygens (including phenoxy) is 1. The van der Waals surface area contributed by atoms with Crippen molar-refractivity contribution in [3.63, 3.8) is 0 Å². The molecule has 0 aromatic heterocycles. The van der Waals surface area contributed by atoms with Gasteiger partial charge in [0.25, 0.3) is 0 Å². The van der Waals surface area contributed by atoms with E-state index in [2.05, 4.69) is 5.32 Å². The molecule has 0 aliphatic heterocycles. The summed E-state index contributed by atoms with van der Waals surface area (Å²) in [7, 11) is 0. The van der Waals surface area contributed by atoms with Crippen molar-refractivity contribution in [3.8, 4) is 0 Å². The summed E-state index contributed by atoms with van der Waals surface area (Å²) in [5, 5.41) is 2.70. The van der Waals surface area contributed by atoms with Crippen molar-refractivity contribution in [1.29, 1.82) is 0 Å². The molecule has 0 heterocycles. The summed E-state index contributed by atoms with van der Waals surface area (Å²) in [6.45, 7) is 11.3. The van der Waals surface area contributed by atoms with Gasteiger partial charge in [0, 0.05) is 0 Å². The van der Waals surface area contributed by atoms with E-state index in [9.17, 15) is 9.59 Å². The van der Waals surface area contributed by atoms with Crippen molar-refractivity contribution in [2.45, 2.75) is 66.2 Å². The van der Waals surface area contributed by atoms with E-state index in [0.717, 1.165) is 0 Å². The van der Waals surface area contributed by atoms with Crippen LogP contribution in [-0.4, -0.2) is 30.1 Å². The normalized spacial score (nSPS) is 13.9. The van der Waals surface area contributed by atoms with Crippen LogP contribution in [0.4, 0.5) is 0 Å². The molecule has 0 fully saturated rings. The number of carbonyl (C=O) groups is 2. The maximum atomic E-state index is 11.9. The molecule has 0 saturated carbocycles. The molecule has 0 spiro atoms. The second-order valence-electron chi connectivity index (χ2n) is 5.95. The zero-order chi connectivity index (χ0) is 15.2. The highest BCUT2D eigenvalue weighted by Gasteiger charge is 2.27. The molecule has 0 saturated heterocycles. The van der Waals surface area contributed by atoms with Crippen LogP contribution in [0.3, 0.4) is 0 Å². The maximum absolute atomic E-state index is 11.9. The minimum absolute atomic E-state index is 0. The minimum Gasteiger partial charge on any atom is -0.461 e. The predicted molar refractivity (Wildman–Crippen MR) is 82.7 cm³/mol. The first-order valence-corrected chi connectivity index (χ1v) is 6.91. The average Bonchev–Trinajstić information content (AvgIpc) is 2.25. The lowest BCUT2D eigenvalue weighted by atomic mass is 10.0.